The fraction of sp³-hybridized carbons (Fsp3) is 0.609. The number of aryl methyl sites for hydroxylation is 1. The van der Waals surface area contributed by atoms with Crippen molar-refractivity contribution < 1.29 is 0 Å². The van der Waals surface area contributed by atoms with Crippen molar-refractivity contribution >= 4 is 16.9 Å². The van der Waals surface area contributed by atoms with Crippen LogP contribution in [0.15, 0.2) is 29.4 Å². The van der Waals surface area contributed by atoms with Crippen LogP contribution in [-0.2, 0) is 6.42 Å². The van der Waals surface area contributed by atoms with E-state index in [4.69, 9.17) is 4.99 Å². The second kappa shape index (κ2) is 10.6. The van der Waals surface area contributed by atoms with Gasteiger partial charge in [0.05, 0.1) is 0 Å². The lowest BCUT2D eigenvalue weighted by atomic mass is 10.1. The Balaban J connectivity index is 1.47. The zero-order chi connectivity index (χ0) is 20.6. The van der Waals surface area contributed by atoms with Gasteiger partial charge in [-0.15, -0.1) is 0 Å². The molecule has 1 unspecified atom stereocenters. The summed E-state index contributed by atoms with van der Waals surface area (Å²) in [4.78, 5) is 13.2. The van der Waals surface area contributed by atoms with Gasteiger partial charge in [-0.05, 0) is 50.4 Å². The predicted molar refractivity (Wildman–Crippen MR) is 124 cm³/mol. The highest BCUT2D eigenvalue weighted by Crippen LogP contribution is 2.19. The number of fused-ring (bicyclic) bond motifs is 1. The minimum absolute atomic E-state index is 0.561. The van der Waals surface area contributed by atoms with E-state index in [1.807, 2.05) is 0 Å². The van der Waals surface area contributed by atoms with Crippen LogP contribution in [0.2, 0.25) is 0 Å². The second-order valence-corrected chi connectivity index (χ2v) is 8.47. The minimum Gasteiger partial charge on any atom is -0.361 e. The zero-order valence-electron chi connectivity index (χ0n) is 18.6. The molecule has 1 atom stereocenters. The molecule has 1 aliphatic heterocycles. The van der Waals surface area contributed by atoms with E-state index in [1.165, 1.54) is 48.2 Å². The third kappa shape index (κ3) is 6.47. The highest BCUT2D eigenvalue weighted by atomic mass is 15.2. The van der Waals surface area contributed by atoms with Gasteiger partial charge < -0.3 is 25.4 Å². The molecular formula is C23H38N6. The van der Waals surface area contributed by atoms with Crippen molar-refractivity contribution in [3.05, 3.63) is 35.5 Å². The molecule has 160 valence electrons. The summed E-state index contributed by atoms with van der Waals surface area (Å²) in [6.07, 6.45) is 3.11. The number of H-pyrrole nitrogens is 1. The van der Waals surface area contributed by atoms with Gasteiger partial charge in [0, 0.05) is 69.5 Å². The Morgan fingerprint density at radius 1 is 1.21 bits per heavy atom. The van der Waals surface area contributed by atoms with E-state index < -0.39 is 0 Å². The first-order chi connectivity index (χ1) is 14.0. The van der Waals surface area contributed by atoms with Crippen LogP contribution in [0.25, 0.3) is 10.9 Å². The maximum atomic E-state index is 4.84. The Morgan fingerprint density at radius 3 is 2.76 bits per heavy atom. The molecule has 6 heteroatoms. The summed E-state index contributed by atoms with van der Waals surface area (Å²) in [5.74, 6) is 1.49. The van der Waals surface area contributed by atoms with Crippen LogP contribution in [0.4, 0.5) is 0 Å². The summed E-state index contributed by atoms with van der Waals surface area (Å²) in [5, 5.41) is 8.21. The third-order valence-corrected chi connectivity index (χ3v) is 5.68. The largest absolute Gasteiger partial charge is 0.361 e. The van der Waals surface area contributed by atoms with Crippen molar-refractivity contribution in [3.63, 3.8) is 0 Å². The van der Waals surface area contributed by atoms with Crippen LogP contribution in [0.5, 0.6) is 0 Å². The third-order valence-electron chi connectivity index (χ3n) is 5.68. The number of aromatic nitrogens is 1. The van der Waals surface area contributed by atoms with E-state index in [1.54, 1.807) is 0 Å². The first-order valence-corrected chi connectivity index (χ1v) is 11.0. The first-order valence-electron chi connectivity index (χ1n) is 11.0. The van der Waals surface area contributed by atoms with E-state index in [9.17, 15) is 0 Å². The average Bonchev–Trinajstić information content (AvgIpc) is 3.10. The Kier molecular flexibility index (Phi) is 7.95. The van der Waals surface area contributed by atoms with Crippen molar-refractivity contribution in [2.45, 2.75) is 27.2 Å². The molecule has 3 rings (SSSR count). The molecule has 1 aromatic carbocycles. The molecule has 2 aromatic rings. The summed E-state index contributed by atoms with van der Waals surface area (Å²) in [7, 11) is 2.21. The average molecular weight is 399 g/mol. The Hall–Kier alpha value is -2.05. The molecule has 0 aliphatic carbocycles. The summed E-state index contributed by atoms with van der Waals surface area (Å²) in [5.41, 5.74) is 3.86. The molecule has 1 aliphatic rings. The van der Waals surface area contributed by atoms with Gasteiger partial charge in [0.15, 0.2) is 5.96 Å². The van der Waals surface area contributed by atoms with Gasteiger partial charge in [0.2, 0.25) is 0 Å². The second-order valence-electron chi connectivity index (χ2n) is 8.47. The number of hydrogen-bond donors (Lipinski definition) is 3. The number of rotatable bonds is 8. The molecule has 0 bridgehead atoms. The topological polar surface area (TPSA) is 58.7 Å². The molecule has 0 radical (unpaired) electrons. The number of piperazine rings is 1. The maximum absolute atomic E-state index is 4.84. The highest BCUT2D eigenvalue weighted by Gasteiger charge is 2.16. The summed E-state index contributed by atoms with van der Waals surface area (Å²) < 4.78 is 0. The van der Waals surface area contributed by atoms with Crippen LogP contribution in [0.1, 0.15) is 25.0 Å². The van der Waals surface area contributed by atoms with E-state index in [0.29, 0.717) is 5.92 Å². The molecule has 3 N–H and O–H groups in total. The van der Waals surface area contributed by atoms with Crippen molar-refractivity contribution in [2.75, 3.05) is 59.4 Å². The van der Waals surface area contributed by atoms with E-state index >= 15 is 0 Å². The number of likely N-dealkylation sites (N-methyl/N-ethyl adjacent to an activating group) is 1. The number of hydrogen-bond acceptors (Lipinski definition) is 3. The standard InChI is InChI=1S/C23H38N6/c1-5-24-23(27-15-19(3)17-29-12-10-28(4)11-13-29)25-9-8-20-16-26-22-14-18(2)6-7-21(20)22/h6-7,14,16,19,26H,5,8-13,15,17H2,1-4H3,(H2,24,25,27). The maximum Gasteiger partial charge on any atom is 0.191 e. The van der Waals surface area contributed by atoms with Crippen LogP contribution < -0.4 is 10.6 Å². The Bertz CT molecular complexity index is 788. The van der Waals surface area contributed by atoms with Crippen LogP contribution in [0, 0.1) is 12.8 Å². The van der Waals surface area contributed by atoms with Crippen molar-refractivity contribution in [1.29, 1.82) is 0 Å². The quantitative estimate of drug-likeness (QED) is 0.472. The van der Waals surface area contributed by atoms with E-state index in [0.717, 1.165) is 38.6 Å². The molecule has 1 aromatic heterocycles. The fourth-order valence-electron chi connectivity index (χ4n) is 3.94. The van der Waals surface area contributed by atoms with Crippen LogP contribution >= 0.6 is 0 Å². The molecule has 0 amide bonds. The molecule has 29 heavy (non-hydrogen) atoms. The van der Waals surface area contributed by atoms with Gasteiger partial charge in [-0.3, -0.25) is 4.99 Å². The highest BCUT2D eigenvalue weighted by molar-refractivity contribution is 5.84. The lowest BCUT2D eigenvalue weighted by molar-refractivity contribution is 0.140. The van der Waals surface area contributed by atoms with E-state index in [2.05, 4.69) is 77.6 Å². The molecule has 1 fully saturated rings. The van der Waals surface area contributed by atoms with E-state index in [-0.39, 0.29) is 0 Å². The number of guanidine groups is 1. The van der Waals surface area contributed by atoms with Gasteiger partial charge in [-0.25, -0.2) is 0 Å². The number of aromatic amines is 1. The summed E-state index contributed by atoms with van der Waals surface area (Å²) >= 11 is 0. The number of aliphatic imine (C=N–C) groups is 1. The molecule has 0 spiro atoms. The van der Waals surface area contributed by atoms with Crippen LogP contribution in [-0.4, -0.2) is 80.1 Å². The van der Waals surface area contributed by atoms with Crippen molar-refractivity contribution in [2.24, 2.45) is 10.9 Å². The van der Waals surface area contributed by atoms with Gasteiger partial charge in [-0.1, -0.05) is 19.1 Å². The lowest BCUT2D eigenvalue weighted by Gasteiger charge is -2.33. The number of nitrogens with zero attached hydrogens (tertiary/aromatic N) is 3. The van der Waals surface area contributed by atoms with Crippen molar-refractivity contribution in [3.8, 4) is 0 Å². The molecule has 6 nitrogen and oxygen atoms in total. The van der Waals surface area contributed by atoms with Gasteiger partial charge in [0.25, 0.3) is 0 Å². The fourth-order valence-corrected chi connectivity index (χ4v) is 3.94. The molecular weight excluding hydrogens is 360 g/mol. The normalized spacial score (nSPS) is 17.6. The summed E-state index contributed by atoms with van der Waals surface area (Å²) in [6.45, 7) is 15.0. The lowest BCUT2D eigenvalue weighted by Crippen LogP contribution is -2.46. The van der Waals surface area contributed by atoms with Gasteiger partial charge >= 0.3 is 0 Å². The molecule has 1 saturated heterocycles. The van der Waals surface area contributed by atoms with Crippen molar-refractivity contribution in [1.82, 2.24) is 25.4 Å². The summed E-state index contributed by atoms with van der Waals surface area (Å²) in [6, 6.07) is 6.61. The first kappa shape index (κ1) is 21.7. The zero-order valence-corrected chi connectivity index (χ0v) is 18.6. The minimum atomic E-state index is 0.561. The Labute approximate surface area is 175 Å². The molecule has 2 heterocycles. The van der Waals surface area contributed by atoms with Crippen LogP contribution in [0.3, 0.4) is 0 Å². The van der Waals surface area contributed by atoms with Gasteiger partial charge in [-0.2, -0.15) is 0 Å². The SMILES string of the molecule is CCNC(=NCC(C)CN1CCN(C)CC1)NCCc1c[nH]c2cc(C)ccc12. The predicted octanol–water partition coefficient (Wildman–Crippen LogP) is 2.46. The monoisotopic (exact) mass is 398 g/mol. The molecule has 0 saturated carbocycles. The number of benzene rings is 1. The number of nitrogens with one attached hydrogen (secondary N) is 3. The van der Waals surface area contributed by atoms with Gasteiger partial charge in [0.1, 0.15) is 0 Å². The smallest absolute Gasteiger partial charge is 0.191 e. The Morgan fingerprint density at radius 2 is 2.00 bits per heavy atom.